The van der Waals surface area contributed by atoms with Crippen molar-refractivity contribution in [2.45, 2.75) is 0 Å². The number of fused-ring (bicyclic) bond motifs is 6. The molecule has 0 saturated heterocycles. The minimum atomic E-state index is 0.370. The van der Waals surface area contributed by atoms with Gasteiger partial charge in [0.2, 0.25) is 0 Å². The average molecular weight is 703 g/mol. The molecule has 258 valence electrons. The summed E-state index contributed by atoms with van der Waals surface area (Å²) in [6, 6.07) is 55.8. The molecule has 0 saturated carbocycles. The van der Waals surface area contributed by atoms with E-state index in [-0.39, 0.29) is 0 Å². The van der Waals surface area contributed by atoms with Crippen molar-refractivity contribution in [1.29, 1.82) is 0 Å². The van der Waals surface area contributed by atoms with Crippen LogP contribution in [0, 0.1) is 11.8 Å². The van der Waals surface area contributed by atoms with Gasteiger partial charge >= 0.3 is 0 Å². The number of hydrogen-bond donors (Lipinski definition) is 0. The van der Waals surface area contributed by atoms with Gasteiger partial charge in [-0.05, 0) is 63.0 Å². The fourth-order valence-electron chi connectivity index (χ4n) is 8.29. The predicted molar refractivity (Wildman–Crippen MR) is 227 cm³/mol. The molecule has 0 N–H and O–H groups in total. The fraction of sp³-hybridized carbons (Fsp3) is 0.0392. The third-order valence-corrected chi connectivity index (χ3v) is 11.1. The summed E-state index contributed by atoms with van der Waals surface area (Å²) in [6.45, 7) is 0. The zero-order chi connectivity index (χ0) is 36.3. The first-order valence-corrected chi connectivity index (χ1v) is 18.9. The predicted octanol–water partition coefficient (Wildman–Crippen LogP) is 10.7. The van der Waals surface area contributed by atoms with Crippen molar-refractivity contribution < 1.29 is 0 Å². The van der Waals surface area contributed by atoms with E-state index < -0.39 is 0 Å². The molecule has 0 radical (unpaired) electrons. The van der Waals surface area contributed by atoms with Gasteiger partial charge in [0.25, 0.3) is 0 Å². The highest BCUT2D eigenvalue weighted by atomic mass is 15.0. The van der Waals surface area contributed by atoms with Crippen molar-refractivity contribution in [1.82, 2.24) is 19.5 Å². The van der Waals surface area contributed by atoms with Gasteiger partial charge in [-0.25, -0.2) is 15.0 Å². The Morgan fingerprint density at radius 3 is 1.49 bits per heavy atom. The molecule has 55 heavy (non-hydrogen) atoms. The van der Waals surface area contributed by atoms with Crippen LogP contribution in [-0.2, 0) is 0 Å². The molecular weight excluding hydrogens is 669 g/mol. The number of aromatic nitrogens is 4. The van der Waals surface area contributed by atoms with E-state index in [4.69, 9.17) is 15.0 Å². The van der Waals surface area contributed by atoms with Gasteiger partial charge in [-0.15, -0.1) is 0 Å². The van der Waals surface area contributed by atoms with Gasteiger partial charge in [-0.3, -0.25) is 0 Å². The molecule has 2 aromatic heterocycles. The largest absolute Gasteiger partial charge is 0.310 e. The second-order valence-electron chi connectivity index (χ2n) is 14.5. The standard InChI is InChI=1S/C51H34N4/c1-3-11-38-29-42(23-19-33(38)9-1)50-52-49(53-51(54-50)43-24-20-34-10-2-4-12-39(34)30-43)37-21-17-35(18-22-37)36-25-27-44(28-26-36)55-47-16-8-7-15-45(47)46-31-40-13-5-6-14-41(40)32-48(46)55/h1-32,40-41H. The molecule has 9 aromatic rings. The lowest BCUT2D eigenvalue weighted by atomic mass is 9.85. The van der Waals surface area contributed by atoms with Crippen LogP contribution < -0.4 is 10.6 Å². The highest BCUT2D eigenvalue weighted by molar-refractivity contribution is 5.89. The molecule has 4 heteroatoms. The van der Waals surface area contributed by atoms with Crippen molar-refractivity contribution in [2.75, 3.05) is 0 Å². The number of nitrogens with zero attached hydrogens (tertiary/aromatic N) is 4. The lowest BCUT2D eigenvalue weighted by molar-refractivity contribution is 0.719. The third kappa shape index (κ3) is 5.50. The van der Waals surface area contributed by atoms with Crippen molar-refractivity contribution in [3.63, 3.8) is 0 Å². The smallest absolute Gasteiger partial charge is 0.164 e. The molecule has 2 heterocycles. The summed E-state index contributed by atoms with van der Waals surface area (Å²) in [5.41, 5.74) is 7.53. The van der Waals surface area contributed by atoms with Crippen LogP contribution in [0.3, 0.4) is 0 Å². The molecule has 7 aromatic carbocycles. The number of para-hydroxylation sites is 1. The van der Waals surface area contributed by atoms with E-state index in [0.717, 1.165) is 44.3 Å². The Bertz CT molecular complexity index is 3050. The molecule has 4 nitrogen and oxygen atoms in total. The minimum Gasteiger partial charge on any atom is -0.310 e. The molecule has 2 aliphatic carbocycles. The number of benzene rings is 7. The molecule has 2 atom stereocenters. The summed E-state index contributed by atoms with van der Waals surface area (Å²) in [7, 11) is 0. The maximum absolute atomic E-state index is 5.06. The Morgan fingerprint density at radius 2 is 0.873 bits per heavy atom. The minimum absolute atomic E-state index is 0.370. The van der Waals surface area contributed by atoms with Crippen LogP contribution in [0.15, 0.2) is 182 Å². The summed E-state index contributed by atoms with van der Waals surface area (Å²) in [4.78, 5) is 15.2. The topological polar surface area (TPSA) is 43.6 Å². The van der Waals surface area contributed by atoms with Crippen LogP contribution in [0.5, 0.6) is 0 Å². The van der Waals surface area contributed by atoms with Crippen molar-refractivity contribution in [3.05, 3.63) is 193 Å². The van der Waals surface area contributed by atoms with Gasteiger partial charge in [0.15, 0.2) is 17.5 Å². The molecule has 0 amide bonds. The molecule has 0 aliphatic heterocycles. The Kier molecular flexibility index (Phi) is 7.27. The normalized spacial score (nSPS) is 15.8. The number of allylic oxidation sites excluding steroid dienone is 4. The maximum atomic E-state index is 5.06. The van der Waals surface area contributed by atoms with Crippen molar-refractivity contribution in [2.24, 2.45) is 11.8 Å². The summed E-state index contributed by atoms with van der Waals surface area (Å²) in [5.74, 6) is 2.72. The van der Waals surface area contributed by atoms with Crippen molar-refractivity contribution in [3.8, 4) is 51.0 Å². The second kappa shape index (κ2) is 12.8. The SMILES string of the molecule is C1=CC2C=c3c(n(-c4ccc(-c5ccc(-c6nc(-c7ccc8ccccc8c7)nc(-c7ccc8ccccc8c7)n6)cc5)cc4)c4ccccc34)=CC2C=C1. The number of hydrogen-bond acceptors (Lipinski definition) is 3. The van der Waals surface area contributed by atoms with Crippen LogP contribution in [0.2, 0.25) is 0 Å². The van der Waals surface area contributed by atoms with Gasteiger partial charge in [0.05, 0.1) is 10.9 Å². The zero-order valence-corrected chi connectivity index (χ0v) is 29.9. The number of rotatable bonds is 5. The van der Waals surface area contributed by atoms with E-state index in [1.54, 1.807) is 0 Å². The van der Waals surface area contributed by atoms with E-state index in [0.29, 0.717) is 29.3 Å². The van der Waals surface area contributed by atoms with Gasteiger partial charge < -0.3 is 4.57 Å². The van der Waals surface area contributed by atoms with Gasteiger partial charge in [0.1, 0.15) is 0 Å². The lowest BCUT2D eigenvalue weighted by Gasteiger charge is -2.21. The third-order valence-electron chi connectivity index (χ3n) is 11.1. The van der Waals surface area contributed by atoms with Gasteiger partial charge in [0, 0.05) is 44.8 Å². The van der Waals surface area contributed by atoms with Crippen LogP contribution in [0.25, 0.3) is 95.6 Å². The summed E-state index contributed by atoms with van der Waals surface area (Å²) in [5, 5.41) is 8.55. The first-order valence-electron chi connectivity index (χ1n) is 18.9. The van der Waals surface area contributed by atoms with Crippen LogP contribution >= 0.6 is 0 Å². The Labute approximate surface area is 318 Å². The molecule has 11 rings (SSSR count). The Balaban J connectivity index is 0.964. The molecular formula is C51H34N4. The summed E-state index contributed by atoms with van der Waals surface area (Å²) < 4.78 is 2.41. The van der Waals surface area contributed by atoms with Gasteiger partial charge in [-0.1, -0.05) is 164 Å². The quantitative estimate of drug-likeness (QED) is 0.179. The molecule has 2 aliphatic rings. The van der Waals surface area contributed by atoms with Crippen LogP contribution in [0.1, 0.15) is 0 Å². The molecule has 0 fully saturated rings. The highest BCUT2D eigenvalue weighted by Crippen LogP contribution is 2.31. The van der Waals surface area contributed by atoms with Crippen LogP contribution in [-0.4, -0.2) is 19.5 Å². The first-order chi connectivity index (χ1) is 27.2. The van der Waals surface area contributed by atoms with E-state index in [2.05, 4.69) is 199 Å². The zero-order valence-electron chi connectivity index (χ0n) is 29.9. The Hall–Kier alpha value is -7.17. The van der Waals surface area contributed by atoms with E-state index in [9.17, 15) is 0 Å². The second-order valence-corrected chi connectivity index (χ2v) is 14.5. The molecule has 2 unspecified atom stereocenters. The van der Waals surface area contributed by atoms with E-state index in [1.807, 2.05) is 0 Å². The lowest BCUT2D eigenvalue weighted by Crippen LogP contribution is -2.35. The molecule has 0 bridgehead atoms. The monoisotopic (exact) mass is 702 g/mol. The summed E-state index contributed by atoms with van der Waals surface area (Å²) in [6.07, 6.45) is 13.8. The maximum Gasteiger partial charge on any atom is 0.164 e. The highest BCUT2D eigenvalue weighted by Gasteiger charge is 2.21. The van der Waals surface area contributed by atoms with Crippen LogP contribution in [0.4, 0.5) is 0 Å². The van der Waals surface area contributed by atoms with E-state index >= 15 is 0 Å². The average Bonchev–Trinajstić information content (AvgIpc) is 3.58. The van der Waals surface area contributed by atoms with Crippen molar-refractivity contribution >= 4 is 44.6 Å². The molecule has 0 spiro atoms. The fourth-order valence-corrected chi connectivity index (χ4v) is 8.29. The first kappa shape index (κ1) is 31.4. The van der Waals surface area contributed by atoms with Gasteiger partial charge in [-0.2, -0.15) is 0 Å². The van der Waals surface area contributed by atoms with E-state index in [1.165, 1.54) is 32.2 Å². The summed E-state index contributed by atoms with van der Waals surface area (Å²) >= 11 is 0. The Morgan fingerprint density at radius 1 is 0.400 bits per heavy atom.